The number of carbonyl (C=O) groups is 2. The average Bonchev–Trinajstić information content (AvgIpc) is 3.19. The highest BCUT2D eigenvalue weighted by atomic mass is 16.7. The molecule has 3 rings (SSSR count). The molecule has 3 fully saturated rings. The lowest BCUT2D eigenvalue weighted by molar-refractivity contribution is -0.192. The maximum atomic E-state index is 13.1. The van der Waals surface area contributed by atoms with E-state index in [1.54, 1.807) is 0 Å². The quantitative estimate of drug-likeness (QED) is 0.170. The summed E-state index contributed by atoms with van der Waals surface area (Å²) in [6.07, 6.45) is 19.4. The fraction of sp³-hybridized carbons (Fsp3) is 0.867. The number of carbonyl (C=O) groups excluding carboxylic acids is 1. The van der Waals surface area contributed by atoms with Crippen LogP contribution in [-0.4, -0.2) is 54.9 Å². The minimum atomic E-state index is -0.740. The van der Waals surface area contributed by atoms with Gasteiger partial charge < -0.3 is 24.1 Å². The fourth-order valence-corrected chi connectivity index (χ4v) is 5.79. The first-order valence-electron chi connectivity index (χ1n) is 15.0. The van der Waals surface area contributed by atoms with Gasteiger partial charge in [0, 0.05) is 37.9 Å². The Balaban J connectivity index is 1.63. The van der Waals surface area contributed by atoms with Gasteiger partial charge in [0.05, 0.1) is 12.2 Å². The lowest BCUT2D eigenvalue weighted by Crippen LogP contribution is -2.31. The van der Waals surface area contributed by atoms with Crippen LogP contribution in [-0.2, 0) is 28.5 Å². The van der Waals surface area contributed by atoms with Gasteiger partial charge in [-0.3, -0.25) is 9.59 Å². The van der Waals surface area contributed by atoms with E-state index in [-0.39, 0.29) is 48.8 Å². The van der Waals surface area contributed by atoms with Gasteiger partial charge in [0.2, 0.25) is 0 Å². The van der Waals surface area contributed by atoms with E-state index >= 15 is 0 Å². The molecule has 3 aliphatic rings. The van der Waals surface area contributed by atoms with Crippen molar-refractivity contribution in [3.05, 3.63) is 12.2 Å². The zero-order chi connectivity index (χ0) is 26.3. The van der Waals surface area contributed by atoms with Gasteiger partial charge in [0.25, 0.3) is 0 Å². The second-order valence-electron chi connectivity index (χ2n) is 11.0. The van der Waals surface area contributed by atoms with Crippen molar-refractivity contribution < 1.29 is 33.6 Å². The second kappa shape index (κ2) is 17.3. The van der Waals surface area contributed by atoms with Crippen LogP contribution >= 0.6 is 0 Å². The summed E-state index contributed by atoms with van der Waals surface area (Å²) in [6, 6.07) is 0. The molecule has 2 heterocycles. The number of unbranched alkanes of at least 4 members (excludes halogenated alkanes) is 5. The Hall–Kier alpha value is -1.28. The van der Waals surface area contributed by atoms with Crippen LogP contribution in [0, 0.1) is 11.8 Å². The highest BCUT2D eigenvalue weighted by Crippen LogP contribution is 2.38. The molecule has 1 aliphatic carbocycles. The molecule has 0 spiro atoms. The highest BCUT2D eigenvalue weighted by molar-refractivity contribution is 5.84. The topological polar surface area (TPSA) is 91.3 Å². The van der Waals surface area contributed by atoms with Gasteiger partial charge in [-0.2, -0.15) is 0 Å². The number of aliphatic carboxylic acids is 1. The molecule has 2 aliphatic heterocycles. The van der Waals surface area contributed by atoms with Crippen LogP contribution < -0.4 is 0 Å². The van der Waals surface area contributed by atoms with Crippen LogP contribution in [0.4, 0.5) is 0 Å². The smallest absolute Gasteiger partial charge is 0.303 e. The SMILES string of the molecule is CCCCC[C@@H](C=C[C@H]1[C@H](OC2CCCCO2)CC(=O)[C@@H]1CCCCCCC(=O)O)OC1CCCCO1. The van der Waals surface area contributed by atoms with E-state index in [0.29, 0.717) is 12.8 Å². The Kier molecular flexibility index (Phi) is 14.2. The number of carboxylic acids is 1. The predicted octanol–water partition coefficient (Wildman–Crippen LogP) is 6.58. The first-order valence-corrected chi connectivity index (χ1v) is 15.0. The van der Waals surface area contributed by atoms with Gasteiger partial charge in [0.15, 0.2) is 12.6 Å². The molecular formula is C30H50O7. The van der Waals surface area contributed by atoms with Crippen molar-refractivity contribution in [2.75, 3.05) is 13.2 Å². The van der Waals surface area contributed by atoms with Crippen LogP contribution in [0.15, 0.2) is 12.2 Å². The van der Waals surface area contributed by atoms with Crippen molar-refractivity contribution in [1.82, 2.24) is 0 Å². The van der Waals surface area contributed by atoms with E-state index in [4.69, 9.17) is 24.1 Å². The number of ether oxygens (including phenoxy) is 4. The van der Waals surface area contributed by atoms with Crippen LogP contribution in [0.5, 0.6) is 0 Å². The number of hydrogen-bond donors (Lipinski definition) is 1. The largest absolute Gasteiger partial charge is 0.481 e. The third-order valence-electron chi connectivity index (χ3n) is 7.93. The minimum absolute atomic E-state index is 0.0154. The molecule has 212 valence electrons. The number of carboxylic acid groups (broad SMARTS) is 1. The summed E-state index contributed by atoms with van der Waals surface area (Å²) in [5, 5.41) is 8.86. The van der Waals surface area contributed by atoms with E-state index < -0.39 is 5.97 Å². The van der Waals surface area contributed by atoms with Crippen molar-refractivity contribution in [2.24, 2.45) is 11.8 Å². The fourth-order valence-electron chi connectivity index (χ4n) is 5.79. The van der Waals surface area contributed by atoms with Crippen LogP contribution in [0.3, 0.4) is 0 Å². The Bertz CT molecular complexity index is 681. The molecule has 0 aromatic rings. The van der Waals surface area contributed by atoms with Gasteiger partial charge in [-0.05, 0) is 57.8 Å². The Morgan fingerprint density at radius 1 is 1.00 bits per heavy atom. The van der Waals surface area contributed by atoms with E-state index in [1.807, 2.05) is 0 Å². The summed E-state index contributed by atoms with van der Waals surface area (Å²) in [5.41, 5.74) is 0. The zero-order valence-corrected chi connectivity index (χ0v) is 23.0. The maximum Gasteiger partial charge on any atom is 0.303 e. The van der Waals surface area contributed by atoms with Gasteiger partial charge >= 0.3 is 5.97 Å². The molecular weight excluding hydrogens is 472 g/mol. The van der Waals surface area contributed by atoms with Crippen molar-refractivity contribution in [3.63, 3.8) is 0 Å². The average molecular weight is 523 g/mol. The third-order valence-corrected chi connectivity index (χ3v) is 7.93. The number of ketones is 1. The van der Waals surface area contributed by atoms with Crippen molar-refractivity contribution in [1.29, 1.82) is 0 Å². The van der Waals surface area contributed by atoms with Gasteiger partial charge in [0.1, 0.15) is 5.78 Å². The molecule has 2 unspecified atom stereocenters. The zero-order valence-electron chi connectivity index (χ0n) is 23.0. The number of Topliss-reactive ketones (excluding diaryl/α,β-unsaturated/α-hetero) is 1. The summed E-state index contributed by atoms with van der Waals surface area (Å²) in [7, 11) is 0. The summed E-state index contributed by atoms with van der Waals surface area (Å²) in [4.78, 5) is 23.9. The van der Waals surface area contributed by atoms with Gasteiger partial charge in [-0.1, -0.05) is 57.6 Å². The summed E-state index contributed by atoms with van der Waals surface area (Å²) < 4.78 is 24.5. The molecule has 0 radical (unpaired) electrons. The predicted molar refractivity (Wildman–Crippen MR) is 142 cm³/mol. The van der Waals surface area contributed by atoms with Crippen molar-refractivity contribution >= 4 is 11.8 Å². The van der Waals surface area contributed by atoms with Crippen LogP contribution in [0.2, 0.25) is 0 Å². The number of hydrogen-bond acceptors (Lipinski definition) is 6. The normalized spacial score (nSPS) is 29.6. The van der Waals surface area contributed by atoms with Crippen molar-refractivity contribution in [2.45, 2.75) is 141 Å². The Labute approximate surface area is 223 Å². The molecule has 6 atom stereocenters. The summed E-state index contributed by atoms with van der Waals surface area (Å²) >= 11 is 0. The van der Waals surface area contributed by atoms with Crippen LogP contribution in [0.25, 0.3) is 0 Å². The molecule has 1 saturated carbocycles. The molecule has 2 saturated heterocycles. The van der Waals surface area contributed by atoms with Crippen molar-refractivity contribution in [3.8, 4) is 0 Å². The maximum absolute atomic E-state index is 13.1. The Morgan fingerprint density at radius 3 is 2.41 bits per heavy atom. The second-order valence-corrected chi connectivity index (χ2v) is 11.0. The molecule has 0 aromatic heterocycles. The molecule has 7 heteroatoms. The third kappa shape index (κ3) is 11.2. The Morgan fingerprint density at radius 2 is 1.73 bits per heavy atom. The molecule has 1 N–H and O–H groups in total. The molecule has 7 nitrogen and oxygen atoms in total. The van der Waals surface area contributed by atoms with Gasteiger partial charge in [-0.15, -0.1) is 0 Å². The van der Waals surface area contributed by atoms with Crippen LogP contribution in [0.1, 0.15) is 116 Å². The molecule has 0 bridgehead atoms. The lowest BCUT2D eigenvalue weighted by atomic mass is 9.88. The lowest BCUT2D eigenvalue weighted by Gasteiger charge is -2.29. The minimum Gasteiger partial charge on any atom is -0.481 e. The molecule has 0 amide bonds. The standard InChI is InChI=1S/C30H50O7/c1-2-3-6-13-23(36-29-16-9-11-20-34-29)18-19-25-24(14-7-4-5-8-15-28(32)33)26(31)22-27(25)37-30-17-10-12-21-35-30/h18-19,23-25,27,29-30H,2-17,20-22H2,1H3,(H,32,33)/t23-,24+,25+,27+,29?,30?/m0/s1. The number of rotatable bonds is 17. The molecule has 37 heavy (non-hydrogen) atoms. The summed E-state index contributed by atoms with van der Waals surface area (Å²) in [6.45, 7) is 3.70. The van der Waals surface area contributed by atoms with E-state index in [1.165, 1.54) is 12.8 Å². The van der Waals surface area contributed by atoms with E-state index in [2.05, 4.69) is 19.1 Å². The van der Waals surface area contributed by atoms with E-state index in [9.17, 15) is 9.59 Å². The summed E-state index contributed by atoms with van der Waals surface area (Å²) in [5.74, 6) is -0.511. The van der Waals surface area contributed by atoms with Gasteiger partial charge in [-0.25, -0.2) is 0 Å². The molecule has 0 aromatic carbocycles. The first-order chi connectivity index (χ1) is 18.1. The first kappa shape index (κ1) is 30.3. The monoisotopic (exact) mass is 522 g/mol. The van der Waals surface area contributed by atoms with E-state index in [0.717, 1.165) is 90.3 Å². The highest BCUT2D eigenvalue weighted by Gasteiger charge is 2.42.